The minimum absolute atomic E-state index is 0.0302. The maximum atomic E-state index is 12.6. The van der Waals surface area contributed by atoms with Crippen LogP contribution in [0, 0.1) is 0 Å². The molecular formula is C26H32N2O5. The average molecular weight is 453 g/mol. The van der Waals surface area contributed by atoms with Gasteiger partial charge < -0.3 is 20.5 Å². The Morgan fingerprint density at radius 2 is 1.52 bits per heavy atom. The number of benzene rings is 2. The van der Waals surface area contributed by atoms with Gasteiger partial charge in [0.1, 0.15) is 6.61 Å². The monoisotopic (exact) mass is 452 g/mol. The van der Waals surface area contributed by atoms with E-state index in [4.69, 9.17) is 9.84 Å². The molecule has 2 amide bonds. The second-order valence-corrected chi connectivity index (χ2v) is 8.43. The summed E-state index contributed by atoms with van der Waals surface area (Å²) in [6, 6.07) is 15.5. The van der Waals surface area contributed by atoms with E-state index in [0.29, 0.717) is 12.8 Å². The fourth-order valence-electron chi connectivity index (χ4n) is 4.40. The Balaban J connectivity index is 1.57. The number of alkyl carbamates (subject to hydrolysis) is 1. The SMILES string of the molecule is CCC[C@H](CC(=O)N[C@@H](CC)CC(=O)O)NC(=O)OCC1c2ccccc2-c2ccccc21. The number of carboxylic acids is 1. The fraction of sp³-hybridized carbons (Fsp3) is 0.423. The number of hydrogen-bond donors (Lipinski definition) is 3. The molecule has 7 nitrogen and oxygen atoms in total. The number of ether oxygens (including phenoxy) is 1. The van der Waals surface area contributed by atoms with Crippen LogP contribution in [-0.2, 0) is 14.3 Å². The lowest BCUT2D eigenvalue weighted by Gasteiger charge is -2.21. The van der Waals surface area contributed by atoms with Gasteiger partial charge in [-0.05, 0) is 35.1 Å². The van der Waals surface area contributed by atoms with Crippen molar-refractivity contribution in [2.24, 2.45) is 0 Å². The molecule has 0 aromatic heterocycles. The van der Waals surface area contributed by atoms with E-state index < -0.39 is 18.1 Å². The second kappa shape index (κ2) is 11.5. The van der Waals surface area contributed by atoms with Gasteiger partial charge in [-0.3, -0.25) is 9.59 Å². The predicted molar refractivity (Wildman–Crippen MR) is 126 cm³/mol. The van der Waals surface area contributed by atoms with Gasteiger partial charge in [0.25, 0.3) is 0 Å². The van der Waals surface area contributed by atoms with Crippen LogP contribution in [0.25, 0.3) is 11.1 Å². The summed E-state index contributed by atoms with van der Waals surface area (Å²) in [4.78, 5) is 35.9. The number of carboxylic acid groups (broad SMARTS) is 1. The Kier molecular flexibility index (Phi) is 8.46. The number of nitrogens with one attached hydrogen (secondary N) is 2. The first kappa shape index (κ1) is 24.3. The summed E-state index contributed by atoms with van der Waals surface area (Å²) in [7, 11) is 0. The molecule has 7 heteroatoms. The van der Waals surface area contributed by atoms with Crippen LogP contribution in [0.5, 0.6) is 0 Å². The second-order valence-electron chi connectivity index (χ2n) is 8.43. The number of hydrogen-bond acceptors (Lipinski definition) is 4. The van der Waals surface area contributed by atoms with Gasteiger partial charge in [0.2, 0.25) is 5.91 Å². The molecule has 2 atom stereocenters. The molecule has 33 heavy (non-hydrogen) atoms. The molecule has 0 saturated heterocycles. The van der Waals surface area contributed by atoms with Gasteiger partial charge in [-0.2, -0.15) is 0 Å². The summed E-state index contributed by atoms with van der Waals surface area (Å²) < 4.78 is 5.59. The highest BCUT2D eigenvalue weighted by Gasteiger charge is 2.29. The molecule has 1 aliphatic carbocycles. The minimum Gasteiger partial charge on any atom is -0.481 e. The van der Waals surface area contributed by atoms with E-state index in [2.05, 4.69) is 34.9 Å². The van der Waals surface area contributed by atoms with E-state index in [1.54, 1.807) is 0 Å². The van der Waals surface area contributed by atoms with E-state index >= 15 is 0 Å². The van der Waals surface area contributed by atoms with Crippen LogP contribution in [0.1, 0.15) is 63.0 Å². The summed E-state index contributed by atoms with van der Waals surface area (Å²) in [6.07, 6.45) is 1.33. The topological polar surface area (TPSA) is 105 Å². The molecule has 0 heterocycles. The lowest BCUT2D eigenvalue weighted by atomic mass is 9.98. The number of carbonyl (C=O) groups excluding carboxylic acids is 2. The molecule has 0 saturated carbocycles. The van der Waals surface area contributed by atoms with Crippen molar-refractivity contribution in [3.8, 4) is 11.1 Å². The lowest BCUT2D eigenvalue weighted by molar-refractivity contribution is -0.137. The van der Waals surface area contributed by atoms with E-state index in [-0.39, 0.29) is 37.3 Å². The van der Waals surface area contributed by atoms with Gasteiger partial charge in [-0.25, -0.2) is 4.79 Å². The highest BCUT2D eigenvalue weighted by molar-refractivity contribution is 5.80. The highest BCUT2D eigenvalue weighted by atomic mass is 16.5. The highest BCUT2D eigenvalue weighted by Crippen LogP contribution is 2.44. The first-order valence-electron chi connectivity index (χ1n) is 11.6. The van der Waals surface area contributed by atoms with Crippen LogP contribution in [-0.4, -0.2) is 41.8 Å². The van der Waals surface area contributed by atoms with Gasteiger partial charge in [-0.1, -0.05) is 68.8 Å². The number of fused-ring (bicyclic) bond motifs is 3. The van der Waals surface area contributed by atoms with Crippen molar-refractivity contribution < 1.29 is 24.2 Å². The number of amides is 2. The van der Waals surface area contributed by atoms with Crippen molar-refractivity contribution in [3.05, 3.63) is 59.7 Å². The normalized spacial score (nSPS) is 14.0. The molecule has 2 aromatic carbocycles. The van der Waals surface area contributed by atoms with Crippen LogP contribution in [0.2, 0.25) is 0 Å². The summed E-state index contributed by atoms with van der Waals surface area (Å²) >= 11 is 0. The minimum atomic E-state index is -0.955. The molecule has 1 aliphatic rings. The van der Waals surface area contributed by atoms with Crippen LogP contribution < -0.4 is 10.6 Å². The Bertz CT molecular complexity index is 945. The van der Waals surface area contributed by atoms with E-state index in [1.807, 2.05) is 38.1 Å². The number of rotatable bonds is 11. The third-order valence-corrected chi connectivity index (χ3v) is 6.01. The van der Waals surface area contributed by atoms with Gasteiger partial charge in [0.15, 0.2) is 0 Å². The van der Waals surface area contributed by atoms with Crippen LogP contribution in [0.4, 0.5) is 4.79 Å². The number of carbonyl (C=O) groups is 3. The van der Waals surface area contributed by atoms with Gasteiger partial charge in [0, 0.05) is 24.4 Å². The molecule has 0 unspecified atom stereocenters. The van der Waals surface area contributed by atoms with Crippen LogP contribution >= 0.6 is 0 Å². The predicted octanol–water partition coefficient (Wildman–Crippen LogP) is 4.45. The molecule has 176 valence electrons. The maximum Gasteiger partial charge on any atom is 0.407 e. The molecule has 2 aromatic rings. The largest absolute Gasteiger partial charge is 0.481 e. The first-order chi connectivity index (χ1) is 15.9. The van der Waals surface area contributed by atoms with E-state index in [1.165, 1.54) is 0 Å². The molecule has 0 bridgehead atoms. The van der Waals surface area contributed by atoms with Crippen molar-refractivity contribution >= 4 is 18.0 Å². The van der Waals surface area contributed by atoms with Crippen molar-refractivity contribution in [1.82, 2.24) is 10.6 Å². The summed E-state index contributed by atoms with van der Waals surface area (Å²) in [5.74, 6) is -1.26. The quantitative estimate of drug-likeness (QED) is 0.467. The Hall–Kier alpha value is -3.35. The summed E-state index contributed by atoms with van der Waals surface area (Å²) in [6.45, 7) is 4.01. The van der Waals surface area contributed by atoms with Crippen molar-refractivity contribution in [2.45, 2.75) is 64.0 Å². The lowest BCUT2D eigenvalue weighted by Crippen LogP contribution is -2.42. The molecule has 0 radical (unpaired) electrons. The summed E-state index contributed by atoms with van der Waals surface area (Å²) in [5, 5.41) is 14.5. The van der Waals surface area contributed by atoms with Crippen molar-refractivity contribution in [3.63, 3.8) is 0 Å². The fourth-order valence-corrected chi connectivity index (χ4v) is 4.40. The molecule has 3 N–H and O–H groups in total. The molecule has 0 aliphatic heterocycles. The zero-order valence-electron chi connectivity index (χ0n) is 19.2. The van der Waals surface area contributed by atoms with Crippen LogP contribution in [0.3, 0.4) is 0 Å². The Labute approximate surface area is 194 Å². The van der Waals surface area contributed by atoms with Gasteiger partial charge in [0.05, 0.1) is 6.42 Å². The first-order valence-corrected chi connectivity index (χ1v) is 11.6. The Morgan fingerprint density at radius 1 is 0.909 bits per heavy atom. The van der Waals surface area contributed by atoms with E-state index in [0.717, 1.165) is 28.7 Å². The van der Waals surface area contributed by atoms with Crippen LogP contribution in [0.15, 0.2) is 48.5 Å². The van der Waals surface area contributed by atoms with Crippen molar-refractivity contribution in [1.29, 1.82) is 0 Å². The molecule has 0 spiro atoms. The third kappa shape index (κ3) is 6.34. The smallest absolute Gasteiger partial charge is 0.407 e. The standard InChI is InChI=1S/C26H32N2O5/c1-3-9-18(14-24(29)27-17(4-2)15-25(30)31)28-26(32)33-16-23-21-12-7-5-10-19(21)20-11-6-8-13-22(20)23/h5-8,10-13,17-18,23H,3-4,9,14-16H2,1-2H3,(H,27,29)(H,28,32)(H,30,31)/t17-,18+/m0/s1. The third-order valence-electron chi connectivity index (χ3n) is 6.01. The number of aliphatic carboxylic acids is 1. The molecule has 0 fully saturated rings. The summed E-state index contributed by atoms with van der Waals surface area (Å²) in [5.41, 5.74) is 4.60. The molecular weight excluding hydrogens is 420 g/mol. The maximum absolute atomic E-state index is 12.6. The van der Waals surface area contributed by atoms with Gasteiger partial charge in [-0.15, -0.1) is 0 Å². The zero-order chi connectivity index (χ0) is 23.8. The Morgan fingerprint density at radius 3 is 2.06 bits per heavy atom. The zero-order valence-corrected chi connectivity index (χ0v) is 19.2. The van der Waals surface area contributed by atoms with Crippen molar-refractivity contribution in [2.75, 3.05) is 6.61 Å². The van der Waals surface area contributed by atoms with E-state index in [9.17, 15) is 14.4 Å². The molecule has 3 rings (SSSR count). The average Bonchev–Trinajstić information content (AvgIpc) is 3.11. The van der Waals surface area contributed by atoms with Gasteiger partial charge >= 0.3 is 12.1 Å².